The zero-order valence-electron chi connectivity index (χ0n) is 20.6. The highest BCUT2D eigenvalue weighted by Crippen LogP contribution is 2.18. The Balaban J connectivity index is 1.11. The molecule has 2 fully saturated rings. The number of hydrogen-bond donors (Lipinski definition) is 3. The van der Waals surface area contributed by atoms with Crippen LogP contribution in [-0.2, 0) is 13.1 Å². The van der Waals surface area contributed by atoms with Crippen LogP contribution >= 0.6 is 0 Å². The summed E-state index contributed by atoms with van der Waals surface area (Å²) in [6.07, 6.45) is 12.6. The Hall–Kier alpha value is -1.89. The standard InChI is InChI=1S/C27H44N6/c1-32-17-19-33(20-18-32)27-10-5-9-26(31-27)30-22-24-13-11-23(12-14-24)21-28-15-6-16-29-25-7-3-2-4-8-25/h10-14,25,28-29H,2-9,15-22H2,1H3,(H,30,31). The largest absolute Gasteiger partial charge is 0.369 e. The summed E-state index contributed by atoms with van der Waals surface area (Å²) in [5.74, 6) is 2.28. The van der Waals surface area contributed by atoms with E-state index in [0.29, 0.717) is 0 Å². The van der Waals surface area contributed by atoms with E-state index in [1.54, 1.807) is 0 Å². The number of likely N-dealkylation sites (N-methyl/N-ethyl adjacent to an activating group) is 1. The average Bonchev–Trinajstić information content (AvgIpc) is 2.87. The molecule has 1 aromatic rings. The van der Waals surface area contributed by atoms with Crippen molar-refractivity contribution in [1.29, 1.82) is 0 Å². The van der Waals surface area contributed by atoms with Crippen molar-refractivity contribution in [1.82, 2.24) is 25.8 Å². The van der Waals surface area contributed by atoms with E-state index in [9.17, 15) is 0 Å². The van der Waals surface area contributed by atoms with E-state index in [4.69, 9.17) is 4.99 Å². The van der Waals surface area contributed by atoms with Crippen molar-refractivity contribution >= 4 is 5.84 Å². The summed E-state index contributed by atoms with van der Waals surface area (Å²) < 4.78 is 0. The van der Waals surface area contributed by atoms with Crippen molar-refractivity contribution in [2.45, 2.75) is 70.5 Å². The number of benzene rings is 1. The van der Waals surface area contributed by atoms with Crippen LogP contribution in [0.1, 0.15) is 62.5 Å². The first-order valence-electron chi connectivity index (χ1n) is 13.2. The van der Waals surface area contributed by atoms with E-state index in [1.165, 1.54) is 49.7 Å². The quantitative estimate of drug-likeness (QED) is 0.475. The summed E-state index contributed by atoms with van der Waals surface area (Å²) in [7, 11) is 2.19. The average molecular weight is 453 g/mol. The Bertz CT molecular complexity index is 757. The number of aliphatic imine (C=N–C) groups is 1. The first-order chi connectivity index (χ1) is 16.3. The van der Waals surface area contributed by atoms with Crippen molar-refractivity contribution in [3.8, 4) is 0 Å². The molecular weight excluding hydrogens is 408 g/mol. The summed E-state index contributed by atoms with van der Waals surface area (Å²) in [6, 6.07) is 9.77. The Kier molecular flexibility index (Phi) is 9.63. The van der Waals surface area contributed by atoms with Crippen LogP contribution in [-0.4, -0.2) is 68.0 Å². The number of piperazine rings is 1. The molecule has 6 nitrogen and oxygen atoms in total. The maximum absolute atomic E-state index is 4.92. The van der Waals surface area contributed by atoms with Crippen molar-refractivity contribution < 1.29 is 0 Å². The number of rotatable bonds is 10. The molecule has 0 bridgehead atoms. The fourth-order valence-corrected chi connectivity index (χ4v) is 4.98. The molecule has 2 aliphatic heterocycles. The molecule has 6 heteroatoms. The van der Waals surface area contributed by atoms with Gasteiger partial charge in [0.15, 0.2) is 0 Å². The van der Waals surface area contributed by atoms with Gasteiger partial charge in [0.25, 0.3) is 0 Å². The molecular formula is C27H44N6. The molecule has 0 aromatic heterocycles. The molecule has 0 amide bonds. The molecule has 33 heavy (non-hydrogen) atoms. The van der Waals surface area contributed by atoms with Crippen molar-refractivity contribution in [2.24, 2.45) is 4.99 Å². The summed E-state index contributed by atoms with van der Waals surface area (Å²) in [5, 5.41) is 10.9. The zero-order valence-corrected chi connectivity index (χ0v) is 20.6. The molecule has 4 rings (SSSR count). The van der Waals surface area contributed by atoms with E-state index < -0.39 is 0 Å². The fraction of sp³-hybridized carbons (Fsp3) is 0.667. The van der Waals surface area contributed by atoms with E-state index in [0.717, 1.165) is 82.9 Å². The van der Waals surface area contributed by atoms with Gasteiger partial charge in [0.2, 0.25) is 0 Å². The normalized spacial score (nSPS) is 20.5. The summed E-state index contributed by atoms with van der Waals surface area (Å²) in [5.41, 5.74) is 2.67. The first-order valence-corrected chi connectivity index (χ1v) is 13.2. The molecule has 0 spiro atoms. The van der Waals surface area contributed by atoms with E-state index in [1.807, 2.05) is 0 Å². The third-order valence-corrected chi connectivity index (χ3v) is 7.20. The third kappa shape index (κ3) is 8.13. The second-order valence-electron chi connectivity index (χ2n) is 9.94. The molecule has 0 unspecified atom stereocenters. The highest BCUT2D eigenvalue weighted by molar-refractivity contribution is 5.84. The van der Waals surface area contributed by atoms with Gasteiger partial charge in [-0.3, -0.25) is 0 Å². The van der Waals surface area contributed by atoms with Crippen LogP contribution < -0.4 is 16.0 Å². The molecule has 3 aliphatic rings. The lowest BCUT2D eigenvalue weighted by atomic mass is 9.95. The maximum Gasteiger partial charge on any atom is 0.126 e. The second kappa shape index (κ2) is 13.1. The van der Waals surface area contributed by atoms with Gasteiger partial charge in [-0.15, -0.1) is 0 Å². The number of allylic oxidation sites excluding steroid dienone is 1. The van der Waals surface area contributed by atoms with E-state index in [2.05, 4.69) is 63.1 Å². The van der Waals surface area contributed by atoms with Crippen LogP contribution in [0, 0.1) is 0 Å². The maximum atomic E-state index is 4.92. The Morgan fingerprint density at radius 3 is 2.39 bits per heavy atom. The smallest absolute Gasteiger partial charge is 0.126 e. The second-order valence-corrected chi connectivity index (χ2v) is 9.94. The molecule has 0 atom stereocenters. The Morgan fingerprint density at radius 1 is 0.909 bits per heavy atom. The van der Waals surface area contributed by atoms with Gasteiger partial charge in [-0.2, -0.15) is 0 Å². The number of hydrogen-bond acceptors (Lipinski definition) is 6. The van der Waals surface area contributed by atoms with Crippen molar-refractivity contribution in [2.75, 3.05) is 46.3 Å². The minimum atomic E-state index is 0.772. The number of amidine groups is 1. The Morgan fingerprint density at radius 2 is 1.64 bits per heavy atom. The van der Waals surface area contributed by atoms with Crippen LogP contribution in [0.25, 0.3) is 0 Å². The van der Waals surface area contributed by atoms with E-state index in [-0.39, 0.29) is 0 Å². The summed E-state index contributed by atoms with van der Waals surface area (Å²) in [6.45, 7) is 8.39. The minimum absolute atomic E-state index is 0.772. The van der Waals surface area contributed by atoms with Gasteiger partial charge in [0, 0.05) is 51.7 Å². The molecule has 1 saturated carbocycles. The van der Waals surface area contributed by atoms with Gasteiger partial charge in [-0.1, -0.05) is 43.5 Å². The molecule has 3 N–H and O–H groups in total. The third-order valence-electron chi connectivity index (χ3n) is 7.20. The summed E-state index contributed by atoms with van der Waals surface area (Å²) in [4.78, 5) is 9.73. The van der Waals surface area contributed by atoms with E-state index >= 15 is 0 Å². The van der Waals surface area contributed by atoms with Gasteiger partial charge in [-0.05, 0) is 63.0 Å². The van der Waals surface area contributed by atoms with Crippen LogP contribution in [0.4, 0.5) is 0 Å². The highest BCUT2D eigenvalue weighted by atomic mass is 15.3. The van der Waals surface area contributed by atoms with Crippen LogP contribution in [0.5, 0.6) is 0 Å². The van der Waals surface area contributed by atoms with Gasteiger partial charge < -0.3 is 25.8 Å². The Labute approximate surface area is 200 Å². The molecule has 0 radical (unpaired) electrons. The van der Waals surface area contributed by atoms with Gasteiger partial charge >= 0.3 is 0 Å². The molecule has 1 aliphatic carbocycles. The number of nitrogens with one attached hydrogen (secondary N) is 3. The lowest BCUT2D eigenvalue weighted by Gasteiger charge is -2.35. The van der Waals surface area contributed by atoms with Crippen molar-refractivity contribution in [3.63, 3.8) is 0 Å². The van der Waals surface area contributed by atoms with Gasteiger partial charge in [0.1, 0.15) is 11.7 Å². The summed E-state index contributed by atoms with van der Waals surface area (Å²) >= 11 is 0. The minimum Gasteiger partial charge on any atom is -0.369 e. The van der Waals surface area contributed by atoms with Crippen LogP contribution in [0.3, 0.4) is 0 Å². The van der Waals surface area contributed by atoms with Crippen molar-refractivity contribution in [3.05, 3.63) is 47.3 Å². The molecule has 1 saturated heterocycles. The highest BCUT2D eigenvalue weighted by Gasteiger charge is 2.18. The fourth-order valence-electron chi connectivity index (χ4n) is 4.98. The first kappa shape index (κ1) is 24.2. The molecule has 1 aromatic carbocycles. The van der Waals surface area contributed by atoms with Crippen LogP contribution in [0.2, 0.25) is 0 Å². The topological polar surface area (TPSA) is 54.9 Å². The van der Waals surface area contributed by atoms with Crippen LogP contribution in [0.15, 0.2) is 41.2 Å². The number of nitrogens with zero attached hydrogens (tertiary/aromatic N) is 3. The predicted octanol–water partition coefficient (Wildman–Crippen LogP) is 3.46. The van der Waals surface area contributed by atoms with Gasteiger partial charge in [0.05, 0.1) is 0 Å². The molecule has 2 heterocycles. The monoisotopic (exact) mass is 452 g/mol. The SMILES string of the molecule is CN1CCN(C2=CCCC(NCc3ccc(CNCCCNC4CCCCC4)cc3)=N2)CC1. The van der Waals surface area contributed by atoms with Gasteiger partial charge in [-0.25, -0.2) is 4.99 Å². The zero-order chi connectivity index (χ0) is 22.7. The lowest BCUT2D eigenvalue weighted by molar-refractivity contribution is 0.184. The predicted molar refractivity (Wildman–Crippen MR) is 138 cm³/mol. The molecule has 182 valence electrons. The lowest BCUT2D eigenvalue weighted by Crippen LogP contribution is -2.44.